The molecule has 0 N–H and O–H groups in total. The van der Waals surface area contributed by atoms with E-state index in [0.29, 0.717) is 23.0 Å². The standard InChI is InChI=1S/C27H38N2/c1-3-5-7-21-10-14-23(15-11-21)25-17-16-24(26(18-28)27(25)19-29)22-12-8-20(6-4-2)9-13-22/h16-17,20-23H,3-15H2,1-2H3/t20-,21-,22-,23-. The molecule has 2 nitrogen and oxygen atoms in total. The fourth-order valence-electron chi connectivity index (χ4n) is 5.98. The van der Waals surface area contributed by atoms with Crippen LogP contribution in [0, 0.1) is 34.5 Å². The van der Waals surface area contributed by atoms with E-state index in [2.05, 4.69) is 38.1 Å². The highest BCUT2D eigenvalue weighted by atomic mass is 14.4. The van der Waals surface area contributed by atoms with Crippen molar-refractivity contribution in [2.45, 2.75) is 109 Å². The van der Waals surface area contributed by atoms with E-state index in [4.69, 9.17) is 0 Å². The number of benzene rings is 1. The van der Waals surface area contributed by atoms with Gasteiger partial charge in [-0.2, -0.15) is 10.5 Å². The summed E-state index contributed by atoms with van der Waals surface area (Å²) in [5, 5.41) is 19.9. The summed E-state index contributed by atoms with van der Waals surface area (Å²) in [4.78, 5) is 0. The average molecular weight is 391 g/mol. The van der Waals surface area contributed by atoms with Crippen LogP contribution in [0.4, 0.5) is 0 Å². The molecule has 0 aliphatic heterocycles. The molecule has 0 saturated heterocycles. The first-order chi connectivity index (χ1) is 14.2. The zero-order chi connectivity index (χ0) is 20.6. The van der Waals surface area contributed by atoms with Crippen molar-refractivity contribution in [1.82, 2.24) is 0 Å². The molecule has 0 unspecified atom stereocenters. The number of rotatable bonds is 7. The molecule has 0 radical (unpaired) electrons. The van der Waals surface area contributed by atoms with Gasteiger partial charge in [0, 0.05) is 0 Å². The smallest absolute Gasteiger partial charge is 0.101 e. The van der Waals surface area contributed by atoms with Gasteiger partial charge in [-0.05, 0) is 86.2 Å². The molecule has 0 bridgehead atoms. The second kappa shape index (κ2) is 10.8. The van der Waals surface area contributed by atoms with Gasteiger partial charge in [0.15, 0.2) is 0 Å². The van der Waals surface area contributed by atoms with Crippen molar-refractivity contribution >= 4 is 0 Å². The Bertz CT molecular complexity index is 735. The molecule has 0 aromatic heterocycles. The van der Waals surface area contributed by atoms with Gasteiger partial charge in [0.25, 0.3) is 0 Å². The highest BCUT2D eigenvalue weighted by Gasteiger charge is 2.29. The van der Waals surface area contributed by atoms with Crippen molar-refractivity contribution in [2.75, 3.05) is 0 Å². The number of unbranched alkanes of at least 4 members (excludes halogenated alkanes) is 1. The number of nitrogens with zero attached hydrogens (tertiary/aromatic N) is 2. The quantitative estimate of drug-likeness (QED) is 0.474. The summed E-state index contributed by atoms with van der Waals surface area (Å²) in [5.41, 5.74) is 3.69. The van der Waals surface area contributed by atoms with Gasteiger partial charge in [-0.25, -0.2) is 0 Å². The summed E-state index contributed by atoms with van der Waals surface area (Å²) in [6.45, 7) is 4.54. The van der Waals surface area contributed by atoms with Crippen LogP contribution in [0.15, 0.2) is 12.1 Å². The SMILES string of the molecule is CCCC[C@H]1CC[C@H](c2ccc([C@H]3CC[C@H](CCC)CC3)c(C#N)c2C#N)CC1. The molecule has 1 aromatic rings. The Morgan fingerprint density at radius 3 is 1.52 bits per heavy atom. The molecule has 0 spiro atoms. The van der Waals surface area contributed by atoms with Gasteiger partial charge >= 0.3 is 0 Å². The summed E-state index contributed by atoms with van der Waals surface area (Å²) in [6, 6.07) is 9.31. The highest BCUT2D eigenvalue weighted by Crippen LogP contribution is 2.43. The fraction of sp³-hybridized carbons (Fsp3) is 0.704. The lowest BCUT2D eigenvalue weighted by molar-refractivity contribution is 0.303. The normalized spacial score (nSPS) is 27.2. The Hall–Kier alpha value is -1.80. The van der Waals surface area contributed by atoms with E-state index < -0.39 is 0 Å². The molecular formula is C27H38N2. The van der Waals surface area contributed by atoms with E-state index in [-0.39, 0.29) is 0 Å². The Labute approximate surface area is 178 Å². The molecule has 2 saturated carbocycles. The van der Waals surface area contributed by atoms with Gasteiger partial charge in [-0.1, -0.05) is 58.1 Å². The van der Waals surface area contributed by atoms with Crippen LogP contribution in [0.2, 0.25) is 0 Å². The van der Waals surface area contributed by atoms with E-state index >= 15 is 0 Å². The van der Waals surface area contributed by atoms with E-state index in [9.17, 15) is 10.5 Å². The monoisotopic (exact) mass is 390 g/mol. The minimum Gasteiger partial charge on any atom is -0.192 e. The molecule has 3 rings (SSSR count). The molecule has 2 fully saturated rings. The van der Waals surface area contributed by atoms with Gasteiger partial charge in [-0.3, -0.25) is 0 Å². The summed E-state index contributed by atoms with van der Waals surface area (Å²) in [5.74, 6) is 2.65. The van der Waals surface area contributed by atoms with Crippen LogP contribution in [0.25, 0.3) is 0 Å². The van der Waals surface area contributed by atoms with Crippen LogP contribution in [0.5, 0.6) is 0 Å². The Kier molecular flexibility index (Phi) is 8.18. The second-order valence-corrected chi connectivity index (χ2v) is 9.58. The van der Waals surface area contributed by atoms with Gasteiger partial charge < -0.3 is 0 Å². The largest absolute Gasteiger partial charge is 0.192 e. The second-order valence-electron chi connectivity index (χ2n) is 9.58. The van der Waals surface area contributed by atoms with E-state index in [0.717, 1.165) is 23.0 Å². The molecule has 2 heteroatoms. The summed E-state index contributed by atoms with van der Waals surface area (Å²) in [6.07, 6.45) is 16.4. The zero-order valence-electron chi connectivity index (χ0n) is 18.6. The molecule has 0 atom stereocenters. The van der Waals surface area contributed by atoms with Gasteiger partial charge in [0.2, 0.25) is 0 Å². The maximum absolute atomic E-state index is 9.96. The molecule has 0 heterocycles. The third-order valence-electron chi connectivity index (χ3n) is 7.73. The van der Waals surface area contributed by atoms with Gasteiger partial charge in [0.1, 0.15) is 12.1 Å². The van der Waals surface area contributed by atoms with Gasteiger partial charge in [0.05, 0.1) is 11.1 Å². The Morgan fingerprint density at radius 2 is 1.14 bits per heavy atom. The lowest BCUT2D eigenvalue weighted by Crippen LogP contribution is -2.17. The molecule has 1 aromatic carbocycles. The lowest BCUT2D eigenvalue weighted by Gasteiger charge is -2.31. The molecular weight excluding hydrogens is 352 g/mol. The maximum Gasteiger partial charge on any atom is 0.101 e. The minimum absolute atomic E-state index is 0.462. The van der Waals surface area contributed by atoms with Crippen molar-refractivity contribution in [1.29, 1.82) is 10.5 Å². The van der Waals surface area contributed by atoms with Crippen LogP contribution < -0.4 is 0 Å². The topological polar surface area (TPSA) is 47.6 Å². The van der Waals surface area contributed by atoms with E-state index in [1.54, 1.807) is 0 Å². The molecule has 29 heavy (non-hydrogen) atoms. The Balaban J connectivity index is 1.75. The Morgan fingerprint density at radius 1 is 0.690 bits per heavy atom. The first kappa shape index (κ1) is 21.9. The molecule has 0 amide bonds. The summed E-state index contributed by atoms with van der Waals surface area (Å²) < 4.78 is 0. The lowest BCUT2D eigenvalue weighted by atomic mass is 9.73. The number of nitriles is 2. The summed E-state index contributed by atoms with van der Waals surface area (Å²) in [7, 11) is 0. The fourth-order valence-corrected chi connectivity index (χ4v) is 5.98. The van der Waals surface area contributed by atoms with E-state index in [1.807, 2.05) is 0 Å². The third-order valence-corrected chi connectivity index (χ3v) is 7.73. The van der Waals surface area contributed by atoms with Crippen LogP contribution in [0.1, 0.15) is 131 Å². The molecule has 2 aliphatic carbocycles. The molecule has 2 aliphatic rings. The first-order valence-corrected chi connectivity index (χ1v) is 12.2. The van der Waals surface area contributed by atoms with Crippen LogP contribution in [-0.4, -0.2) is 0 Å². The number of hydrogen-bond donors (Lipinski definition) is 0. The summed E-state index contributed by atoms with van der Waals surface area (Å²) >= 11 is 0. The minimum atomic E-state index is 0.462. The van der Waals surface area contributed by atoms with Crippen LogP contribution >= 0.6 is 0 Å². The van der Waals surface area contributed by atoms with E-state index in [1.165, 1.54) is 83.5 Å². The first-order valence-electron chi connectivity index (χ1n) is 12.2. The average Bonchev–Trinajstić information content (AvgIpc) is 2.77. The van der Waals surface area contributed by atoms with Crippen LogP contribution in [0.3, 0.4) is 0 Å². The van der Waals surface area contributed by atoms with Crippen molar-refractivity contribution in [3.05, 3.63) is 34.4 Å². The van der Waals surface area contributed by atoms with Crippen molar-refractivity contribution in [3.63, 3.8) is 0 Å². The van der Waals surface area contributed by atoms with Crippen molar-refractivity contribution in [2.24, 2.45) is 11.8 Å². The van der Waals surface area contributed by atoms with Crippen LogP contribution in [-0.2, 0) is 0 Å². The predicted octanol–water partition coefficient (Wildman–Crippen LogP) is 7.97. The maximum atomic E-state index is 9.96. The van der Waals surface area contributed by atoms with Gasteiger partial charge in [-0.15, -0.1) is 0 Å². The molecule has 156 valence electrons. The number of hydrogen-bond acceptors (Lipinski definition) is 2. The zero-order valence-corrected chi connectivity index (χ0v) is 18.6. The third kappa shape index (κ3) is 5.22. The highest BCUT2D eigenvalue weighted by molar-refractivity contribution is 5.56. The predicted molar refractivity (Wildman–Crippen MR) is 120 cm³/mol. The van der Waals surface area contributed by atoms with Crippen molar-refractivity contribution < 1.29 is 0 Å². The van der Waals surface area contributed by atoms with Crippen molar-refractivity contribution in [3.8, 4) is 12.1 Å².